The van der Waals surface area contributed by atoms with Gasteiger partial charge in [-0.25, -0.2) is 18.3 Å². The molecular formula is C12H19F2N3. The Morgan fingerprint density at radius 3 is 2.24 bits per heavy atom. The largest absolute Gasteiger partial charge is 0.282 e. The van der Waals surface area contributed by atoms with Gasteiger partial charge in [-0.15, -0.1) is 0 Å². The Morgan fingerprint density at radius 1 is 1.12 bits per heavy atom. The average molecular weight is 243 g/mol. The van der Waals surface area contributed by atoms with Gasteiger partial charge in [-0.05, 0) is 19.1 Å². The maximum Gasteiger partial charge on any atom is 0.282 e. The second kappa shape index (κ2) is 7.70. The summed E-state index contributed by atoms with van der Waals surface area (Å²) < 4.78 is 25.9. The molecule has 0 atom stereocenters. The molecule has 0 aliphatic heterocycles. The lowest BCUT2D eigenvalue weighted by Crippen LogP contribution is -1.99. The molecule has 0 bridgehead atoms. The molecule has 0 saturated carbocycles. The molecule has 96 valence electrons. The first-order valence-corrected chi connectivity index (χ1v) is 5.78. The number of fused-ring (bicyclic) bond motifs is 1. The normalized spacial score (nSPS) is 9.41. The molecule has 0 fully saturated rings. The van der Waals surface area contributed by atoms with Crippen LogP contribution in [0.15, 0.2) is 18.3 Å². The van der Waals surface area contributed by atoms with E-state index in [-0.39, 0.29) is 5.69 Å². The van der Waals surface area contributed by atoms with E-state index in [2.05, 4.69) is 10.1 Å². The van der Waals surface area contributed by atoms with E-state index in [0.717, 1.165) is 5.69 Å². The van der Waals surface area contributed by atoms with Crippen molar-refractivity contribution in [3.05, 3.63) is 29.7 Å². The fourth-order valence-corrected chi connectivity index (χ4v) is 1.12. The molecular weight excluding hydrogens is 224 g/mol. The van der Waals surface area contributed by atoms with E-state index >= 15 is 0 Å². The second-order valence-corrected chi connectivity index (χ2v) is 2.73. The van der Waals surface area contributed by atoms with Gasteiger partial charge in [-0.3, -0.25) is 0 Å². The van der Waals surface area contributed by atoms with Gasteiger partial charge in [0.2, 0.25) is 0 Å². The predicted molar refractivity (Wildman–Crippen MR) is 65.4 cm³/mol. The summed E-state index contributed by atoms with van der Waals surface area (Å²) >= 11 is 0. The van der Waals surface area contributed by atoms with Crippen LogP contribution in [0.5, 0.6) is 0 Å². The third-order valence-corrected chi connectivity index (χ3v) is 1.78. The van der Waals surface area contributed by atoms with Crippen LogP contribution < -0.4 is 0 Å². The Morgan fingerprint density at radius 2 is 1.71 bits per heavy atom. The Kier molecular flexibility index (Phi) is 7.02. The Balaban J connectivity index is 0.000000581. The number of nitrogens with zero attached hydrogens (tertiary/aromatic N) is 3. The van der Waals surface area contributed by atoms with Crippen LogP contribution in [0.3, 0.4) is 0 Å². The molecule has 0 radical (unpaired) electrons. The molecule has 0 saturated heterocycles. The molecule has 3 nitrogen and oxygen atoms in total. The van der Waals surface area contributed by atoms with Crippen molar-refractivity contribution in [2.45, 2.75) is 41.0 Å². The Bertz CT molecular complexity index is 438. The highest BCUT2D eigenvalue weighted by Gasteiger charge is 2.10. The first-order chi connectivity index (χ1) is 8.18. The van der Waals surface area contributed by atoms with E-state index in [1.165, 1.54) is 16.6 Å². The van der Waals surface area contributed by atoms with Crippen LogP contribution in [-0.2, 0) is 0 Å². The molecule has 0 aliphatic carbocycles. The maximum atomic E-state index is 12.2. The summed E-state index contributed by atoms with van der Waals surface area (Å²) in [6, 6.07) is 2.81. The molecule has 0 aromatic carbocycles. The molecule has 0 aliphatic rings. The van der Waals surface area contributed by atoms with E-state index in [9.17, 15) is 8.78 Å². The van der Waals surface area contributed by atoms with Crippen molar-refractivity contribution in [2.24, 2.45) is 0 Å². The van der Waals surface area contributed by atoms with E-state index in [1.807, 2.05) is 27.7 Å². The van der Waals surface area contributed by atoms with Crippen LogP contribution in [-0.4, -0.2) is 14.6 Å². The summed E-state index contributed by atoms with van der Waals surface area (Å²) in [7, 11) is 0. The zero-order chi connectivity index (χ0) is 13.4. The first kappa shape index (κ1) is 15.5. The summed E-state index contributed by atoms with van der Waals surface area (Å²) in [6.45, 7) is 9.77. The van der Waals surface area contributed by atoms with Crippen LogP contribution in [0.1, 0.15) is 45.5 Å². The van der Waals surface area contributed by atoms with Gasteiger partial charge in [0, 0.05) is 0 Å². The van der Waals surface area contributed by atoms with Crippen molar-refractivity contribution >= 4 is 5.65 Å². The first-order valence-electron chi connectivity index (χ1n) is 5.78. The second-order valence-electron chi connectivity index (χ2n) is 2.73. The summed E-state index contributed by atoms with van der Waals surface area (Å²) in [5.41, 5.74) is 1.10. The highest BCUT2D eigenvalue weighted by molar-refractivity contribution is 5.38. The summed E-state index contributed by atoms with van der Waals surface area (Å²) in [4.78, 5) is 3.97. The number of hydrogen-bond donors (Lipinski definition) is 0. The summed E-state index contributed by atoms with van der Waals surface area (Å²) in [5, 5.41) is 3.74. The van der Waals surface area contributed by atoms with Crippen molar-refractivity contribution in [1.82, 2.24) is 14.6 Å². The highest BCUT2D eigenvalue weighted by Crippen LogP contribution is 2.16. The van der Waals surface area contributed by atoms with Crippen molar-refractivity contribution < 1.29 is 8.78 Å². The van der Waals surface area contributed by atoms with Crippen LogP contribution in [0.4, 0.5) is 8.78 Å². The lowest BCUT2D eigenvalue weighted by atomic mass is 10.4. The minimum Gasteiger partial charge on any atom is -0.235 e. The Hall–Kier alpha value is -1.52. The van der Waals surface area contributed by atoms with Crippen LogP contribution in [0, 0.1) is 6.92 Å². The molecule has 0 N–H and O–H groups in total. The zero-order valence-corrected chi connectivity index (χ0v) is 10.9. The molecule has 0 spiro atoms. The number of alkyl halides is 2. The minimum atomic E-state index is -2.54. The minimum absolute atomic E-state index is 0.228. The molecule has 5 heteroatoms. The predicted octanol–water partition coefficient (Wildman–Crippen LogP) is 4.03. The third kappa shape index (κ3) is 3.76. The topological polar surface area (TPSA) is 30.2 Å². The number of aryl methyl sites for hydroxylation is 1. The van der Waals surface area contributed by atoms with Gasteiger partial charge in [-0.1, -0.05) is 27.7 Å². The van der Waals surface area contributed by atoms with Crippen molar-refractivity contribution in [1.29, 1.82) is 0 Å². The number of rotatable bonds is 1. The average Bonchev–Trinajstić information content (AvgIpc) is 2.75. The van der Waals surface area contributed by atoms with Crippen molar-refractivity contribution in [2.75, 3.05) is 0 Å². The van der Waals surface area contributed by atoms with Crippen LogP contribution in [0.25, 0.3) is 5.65 Å². The van der Waals surface area contributed by atoms with Gasteiger partial charge < -0.3 is 0 Å². The van der Waals surface area contributed by atoms with Crippen LogP contribution >= 0.6 is 0 Å². The van der Waals surface area contributed by atoms with Crippen molar-refractivity contribution in [3.8, 4) is 0 Å². The van der Waals surface area contributed by atoms with Gasteiger partial charge in [0.1, 0.15) is 5.69 Å². The molecule has 2 rings (SSSR count). The van der Waals surface area contributed by atoms with Gasteiger partial charge in [0.05, 0.1) is 11.9 Å². The van der Waals surface area contributed by atoms with E-state index in [4.69, 9.17) is 0 Å². The van der Waals surface area contributed by atoms with Crippen LogP contribution in [0.2, 0.25) is 0 Å². The van der Waals surface area contributed by atoms with Crippen molar-refractivity contribution in [3.63, 3.8) is 0 Å². The fraction of sp³-hybridized carbons (Fsp3) is 0.500. The summed E-state index contributed by atoms with van der Waals surface area (Å²) in [5.74, 6) is 0. The van der Waals surface area contributed by atoms with Gasteiger partial charge in [0.15, 0.2) is 5.65 Å². The standard InChI is InChI=1S/C8H7F2N3.2C2H6/c1-5-4-11-7-3-2-6(8(9)10)12-13(5)7;2*1-2/h2-4,8H,1H3;2*1-2H3. The smallest absolute Gasteiger partial charge is 0.235 e. The molecule has 17 heavy (non-hydrogen) atoms. The zero-order valence-electron chi connectivity index (χ0n) is 10.9. The number of imidazole rings is 1. The molecule has 2 aromatic rings. The summed E-state index contributed by atoms with van der Waals surface area (Å²) in [6.07, 6.45) is -0.941. The van der Waals surface area contributed by atoms with Gasteiger partial charge >= 0.3 is 0 Å². The maximum absolute atomic E-state index is 12.2. The monoisotopic (exact) mass is 243 g/mol. The Labute approximate surface area is 100 Å². The molecule has 0 amide bonds. The fourth-order valence-electron chi connectivity index (χ4n) is 1.12. The van der Waals surface area contributed by atoms with Gasteiger partial charge in [-0.2, -0.15) is 5.10 Å². The SMILES string of the molecule is CC.CC.Cc1cnc2ccc(C(F)F)nn12. The van der Waals surface area contributed by atoms with E-state index < -0.39 is 6.43 Å². The quantitative estimate of drug-likeness (QED) is 0.757. The molecule has 2 aromatic heterocycles. The highest BCUT2D eigenvalue weighted by atomic mass is 19.3. The van der Waals surface area contributed by atoms with E-state index in [0.29, 0.717) is 5.65 Å². The molecule has 2 heterocycles. The third-order valence-electron chi connectivity index (χ3n) is 1.78. The number of hydrogen-bond acceptors (Lipinski definition) is 2. The number of aromatic nitrogens is 3. The molecule has 0 unspecified atom stereocenters. The van der Waals surface area contributed by atoms with E-state index in [1.54, 1.807) is 13.1 Å². The lowest BCUT2D eigenvalue weighted by Gasteiger charge is -1.99. The lowest BCUT2D eigenvalue weighted by molar-refractivity contribution is 0.144. The van der Waals surface area contributed by atoms with Gasteiger partial charge in [0.25, 0.3) is 6.43 Å². The number of halogens is 2.